The Morgan fingerprint density at radius 3 is 2.63 bits per heavy atom. The van der Waals surface area contributed by atoms with Gasteiger partial charge in [-0.25, -0.2) is 22.7 Å². The Labute approximate surface area is 167 Å². The molecule has 4 heterocycles. The van der Waals surface area contributed by atoms with E-state index in [9.17, 15) is 8.42 Å². The molecule has 0 amide bonds. The van der Waals surface area contributed by atoms with Crippen molar-refractivity contribution in [3.63, 3.8) is 0 Å². The van der Waals surface area contributed by atoms with Crippen LogP contribution in [0, 0.1) is 13.8 Å². The molecule has 9 heteroatoms. The number of anilines is 1. The van der Waals surface area contributed by atoms with E-state index in [4.69, 9.17) is 9.97 Å². The minimum Gasteiger partial charge on any atom is -0.355 e. The highest BCUT2D eigenvalue weighted by Gasteiger charge is 2.25. The Morgan fingerprint density at radius 2 is 1.93 bits per heavy atom. The molecule has 1 aliphatic heterocycles. The minimum atomic E-state index is -3.17. The summed E-state index contributed by atoms with van der Waals surface area (Å²) in [6.07, 6.45) is 2.07. The summed E-state index contributed by atoms with van der Waals surface area (Å²) >= 11 is 3.33. The number of fused-ring (bicyclic) bond motifs is 1. The summed E-state index contributed by atoms with van der Waals surface area (Å²) in [7, 11) is -3.17. The largest absolute Gasteiger partial charge is 0.355 e. The van der Waals surface area contributed by atoms with Crippen molar-refractivity contribution in [2.45, 2.75) is 20.3 Å². The summed E-state index contributed by atoms with van der Waals surface area (Å²) in [5.74, 6) is 1.68. The predicted molar refractivity (Wildman–Crippen MR) is 113 cm³/mol. The van der Waals surface area contributed by atoms with Gasteiger partial charge in [-0.3, -0.25) is 0 Å². The average Bonchev–Trinajstić information content (AvgIpc) is 3.15. The second kappa shape index (κ2) is 7.12. The van der Waals surface area contributed by atoms with Crippen molar-refractivity contribution in [2.75, 3.05) is 37.3 Å². The Bertz CT molecular complexity index is 1070. The van der Waals surface area contributed by atoms with Crippen LogP contribution in [0.2, 0.25) is 0 Å². The van der Waals surface area contributed by atoms with Crippen LogP contribution in [-0.4, -0.2) is 55.1 Å². The van der Waals surface area contributed by atoms with Crippen LogP contribution in [0.25, 0.3) is 20.9 Å². The third-order valence-corrected chi connectivity index (χ3v) is 8.24. The first-order valence-electron chi connectivity index (χ1n) is 8.86. The SMILES string of the molecule is Cc1sc2nc(-c3cccs3)nc(N3CCCN(S(C)(=O)=O)CC3)c2c1C. The molecule has 0 aliphatic carbocycles. The molecule has 6 nitrogen and oxygen atoms in total. The Kier molecular flexibility index (Phi) is 4.96. The van der Waals surface area contributed by atoms with Crippen molar-refractivity contribution in [3.8, 4) is 10.7 Å². The molecular weight excluding hydrogens is 400 g/mol. The average molecular weight is 423 g/mol. The number of aryl methyl sites for hydroxylation is 2. The molecule has 3 aromatic heterocycles. The summed E-state index contributed by atoms with van der Waals surface area (Å²) < 4.78 is 25.5. The lowest BCUT2D eigenvalue weighted by atomic mass is 10.2. The molecule has 1 saturated heterocycles. The van der Waals surface area contributed by atoms with Gasteiger partial charge in [0.2, 0.25) is 10.0 Å². The fourth-order valence-electron chi connectivity index (χ4n) is 3.41. The number of nitrogens with zero attached hydrogens (tertiary/aromatic N) is 4. The third-order valence-electron chi connectivity index (χ3n) is 4.97. The summed E-state index contributed by atoms with van der Waals surface area (Å²) in [4.78, 5) is 15.3. The quantitative estimate of drug-likeness (QED) is 0.646. The lowest BCUT2D eigenvalue weighted by molar-refractivity contribution is 0.437. The number of rotatable bonds is 3. The van der Waals surface area contributed by atoms with Crippen LogP contribution >= 0.6 is 22.7 Å². The number of sulfonamides is 1. The Balaban J connectivity index is 1.80. The molecule has 144 valence electrons. The normalized spacial score (nSPS) is 16.8. The molecular formula is C18H22N4O2S3. The van der Waals surface area contributed by atoms with Gasteiger partial charge in [0.05, 0.1) is 16.5 Å². The summed E-state index contributed by atoms with van der Waals surface area (Å²) in [6.45, 7) is 6.70. The van der Waals surface area contributed by atoms with Gasteiger partial charge in [-0.05, 0) is 37.3 Å². The van der Waals surface area contributed by atoms with E-state index in [1.165, 1.54) is 16.7 Å². The van der Waals surface area contributed by atoms with Crippen LogP contribution < -0.4 is 4.90 Å². The van der Waals surface area contributed by atoms with Crippen molar-refractivity contribution < 1.29 is 8.42 Å². The maximum Gasteiger partial charge on any atom is 0.211 e. The highest BCUT2D eigenvalue weighted by atomic mass is 32.2. The molecule has 4 rings (SSSR count). The molecule has 0 aromatic carbocycles. The van der Waals surface area contributed by atoms with Crippen LogP contribution in [0.5, 0.6) is 0 Å². The van der Waals surface area contributed by atoms with E-state index in [0.717, 1.165) is 39.7 Å². The van der Waals surface area contributed by atoms with E-state index in [1.54, 1.807) is 27.0 Å². The highest BCUT2D eigenvalue weighted by Crippen LogP contribution is 2.37. The minimum absolute atomic E-state index is 0.487. The molecule has 0 N–H and O–H groups in total. The zero-order valence-electron chi connectivity index (χ0n) is 15.6. The van der Waals surface area contributed by atoms with Crippen molar-refractivity contribution in [2.24, 2.45) is 0 Å². The molecule has 0 unspecified atom stereocenters. The standard InChI is InChI=1S/C18H22N4O2S3/c1-12-13(2)26-18-15(12)17(19-16(20-18)14-6-4-11-25-14)21-7-5-8-22(10-9-21)27(3,23)24/h4,6,11H,5,7-10H2,1-3H3. The molecule has 3 aromatic rings. The maximum atomic E-state index is 11.9. The Morgan fingerprint density at radius 1 is 1.11 bits per heavy atom. The third kappa shape index (κ3) is 3.61. The predicted octanol–water partition coefficient (Wildman–Crippen LogP) is 3.51. The fourth-order valence-corrected chi connectivity index (χ4v) is 5.97. The fraction of sp³-hybridized carbons (Fsp3) is 0.444. The first-order valence-corrected chi connectivity index (χ1v) is 12.4. The van der Waals surface area contributed by atoms with Crippen LogP contribution in [0.1, 0.15) is 16.9 Å². The van der Waals surface area contributed by atoms with Gasteiger partial charge in [0.25, 0.3) is 0 Å². The lowest BCUT2D eigenvalue weighted by Gasteiger charge is -2.23. The van der Waals surface area contributed by atoms with Gasteiger partial charge in [-0.2, -0.15) is 0 Å². The first-order chi connectivity index (χ1) is 12.8. The lowest BCUT2D eigenvalue weighted by Crippen LogP contribution is -2.34. The zero-order chi connectivity index (χ0) is 19.2. The van der Waals surface area contributed by atoms with Crippen molar-refractivity contribution in [3.05, 3.63) is 28.0 Å². The molecule has 27 heavy (non-hydrogen) atoms. The van der Waals surface area contributed by atoms with Crippen molar-refractivity contribution in [1.82, 2.24) is 14.3 Å². The van der Waals surface area contributed by atoms with Gasteiger partial charge in [-0.1, -0.05) is 6.07 Å². The smallest absolute Gasteiger partial charge is 0.211 e. The van der Waals surface area contributed by atoms with E-state index in [1.807, 2.05) is 17.5 Å². The molecule has 0 radical (unpaired) electrons. The number of thiophene rings is 2. The van der Waals surface area contributed by atoms with Gasteiger partial charge in [-0.15, -0.1) is 22.7 Å². The molecule has 0 saturated carbocycles. The molecule has 0 spiro atoms. The van der Waals surface area contributed by atoms with Gasteiger partial charge >= 0.3 is 0 Å². The summed E-state index contributed by atoms with van der Waals surface area (Å²) in [5.41, 5.74) is 1.21. The molecule has 0 atom stereocenters. The zero-order valence-corrected chi connectivity index (χ0v) is 18.0. The van der Waals surface area contributed by atoms with E-state index in [-0.39, 0.29) is 0 Å². The first kappa shape index (κ1) is 18.8. The maximum absolute atomic E-state index is 11.9. The van der Waals surface area contributed by atoms with Crippen molar-refractivity contribution >= 4 is 48.7 Å². The summed E-state index contributed by atoms with van der Waals surface area (Å²) in [5, 5.41) is 3.13. The Hall–Kier alpha value is -1.55. The second-order valence-electron chi connectivity index (χ2n) is 6.81. The number of hydrogen-bond donors (Lipinski definition) is 0. The highest BCUT2D eigenvalue weighted by molar-refractivity contribution is 7.88. The van der Waals surface area contributed by atoms with Crippen molar-refractivity contribution in [1.29, 1.82) is 0 Å². The molecule has 1 fully saturated rings. The van der Waals surface area contributed by atoms with Gasteiger partial charge in [0.15, 0.2) is 5.82 Å². The molecule has 0 bridgehead atoms. The van der Waals surface area contributed by atoms with Gasteiger partial charge in [0, 0.05) is 31.1 Å². The van der Waals surface area contributed by atoms with Crippen LogP contribution in [0.4, 0.5) is 5.82 Å². The van der Waals surface area contributed by atoms with Crippen LogP contribution in [0.3, 0.4) is 0 Å². The monoisotopic (exact) mass is 422 g/mol. The van der Waals surface area contributed by atoms with Gasteiger partial charge in [0.1, 0.15) is 10.6 Å². The number of hydrogen-bond acceptors (Lipinski definition) is 7. The van der Waals surface area contributed by atoms with Crippen LogP contribution in [0.15, 0.2) is 17.5 Å². The second-order valence-corrected chi connectivity index (χ2v) is 10.9. The van der Waals surface area contributed by atoms with E-state index < -0.39 is 10.0 Å². The van der Waals surface area contributed by atoms with Crippen LogP contribution in [-0.2, 0) is 10.0 Å². The topological polar surface area (TPSA) is 66.4 Å². The van der Waals surface area contributed by atoms with E-state index >= 15 is 0 Å². The molecule has 1 aliphatic rings. The number of aromatic nitrogens is 2. The van der Waals surface area contributed by atoms with E-state index in [0.29, 0.717) is 19.6 Å². The van der Waals surface area contributed by atoms with Gasteiger partial charge < -0.3 is 4.90 Å². The summed E-state index contributed by atoms with van der Waals surface area (Å²) in [6, 6.07) is 4.05. The van der Waals surface area contributed by atoms with E-state index in [2.05, 4.69) is 18.7 Å².